The summed E-state index contributed by atoms with van der Waals surface area (Å²) < 4.78 is 1.78. The molecule has 0 radical (unpaired) electrons. The monoisotopic (exact) mass is 445 g/mol. The largest absolute Gasteiger partial charge is 0.351 e. The van der Waals surface area contributed by atoms with Crippen LogP contribution < -0.4 is 10.9 Å². The van der Waals surface area contributed by atoms with Crippen molar-refractivity contribution in [1.29, 1.82) is 0 Å². The molecule has 1 fully saturated rings. The number of fused-ring (bicyclic) bond motifs is 2. The molecule has 1 amide bonds. The number of aromatic nitrogens is 2. The van der Waals surface area contributed by atoms with Gasteiger partial charge in [-0.3, -0.25) is 24.0 Å². The number of nitrogens with zero attached hydrogens (tertiary/aromatic N) is 4. The van der Waals surface area contributed by atoms with E-state index in [9.17, 15) is 9.59 Å². The maximum absolute atomic E-state index is 12.7. The van der Waals surface area contributed by atoms with Gasteiger partial charge in [0.1, 0.15) is 5.82 Å². The van der Waals surface area contributed by atoms with E-state index in [1.165, 1.54) is 5.56 Å². The first-order chi connectivity index (χ1) is 16.2. The van der Waals surface area contributed by atoms with Crippen LogP contribution in [0, 0.1) is 0 Å². The molecular weight excluding hydrogens is 414 g/mol. The van der Waals surface area contributed by atoms with Gasteiger partial charge in [0.2, 0.25) is 0 Å². The third-order valence-corrected chi connectivity index (χ3v) is 6.76. The Morgan fingerprint density at radius 3 is 2.55 bits per heavy atom. The fourth-order valence-electron chi connectivity index (χ4n) is 4.82. The van der Waals surface area contributed by atoms with E-state index >= 15 is 0 Å². The lowest BCUT2D eigenvalue weighted by atomic mass is 10.1. The second-order valence-corrected chi connectivity index (χ2v) is 9.03. The molecule has 0 spiro atoms. The molecule has 0 unspecified atom stereocenters. The van der Waals surface area contributed by atoms with Crippen molar-refractivity contribution in [2.24, 2.45) is 0 Å². The molecule has 0 atom stereocenters. The Kier molecular flexibility index (Phi) is 6.51. The van der Waals surface area contributed by atoms with Crippen molar-refractivity contribution in [2.45, 2.75) is 32.4 Å². The maximum Gasteiger partial charge on any atom is 0.261 e. The predicted octanol–water partition coefficient (Wildman–Crippen LogP) is 2.28. The first-order valence-corrected chi connectivity index (χ1v) is 12.0. The Balaban J connectivity index is 1.13. The normalized spacial score (nSPS) is 17.1. The van der Waals surface area contributed by atoms with Gasteiger partial charge in [-0.15, -0.1) is 0 Å². The quantitative estimate of drug-likeness (QED) is 0.630. The number of hydrogen-bond acceptors (Lipinski definition) is 5. The minimum Gasteiger partial charge on any atom is -0.351 e. The van der Waals surface area contributed by atoms with Crippen LogP contribution in [-0.2, 0) is 19.5 Å². The first kappa shape index (κ1) is 21.8. The summed E-state index contributed by atoms with van der Waals surface area (Å²) in [4.78, 5) is 35.0. The zero-order chi connectivity index (χ0) is 22.6. The average molecular weight is 446 g/mol. The summed E-state index contributed by atoms with van der Waals surface area (Å²) in [5.41, 5.74) is 2.54. The van der Waals surface area contributed by atoms with Gasteiger partial charge in [0, 0.05) is 64.3 Å². The van der Waals surface area contributed by atoms with Crippen LogP contribution in [0.15, 0.2) is 53.3 Å². The number of rotatable bonds is 6. The summed E-state index contributed by atoms with van der Waals surface area (Å²) in [7, 11) is 0. The van der Waals surface area contributed by atoms with Gasteiger partial charge in [0.05, 0.1) is 10.9 Å². The molecule has 3 heterocycles. The van der Waals surface area contributed by atoms with E-state index < -0.39 is 0 Å². The van der Waals surface area contributed by atoms with E-state index in [1.54, 1.807) is 22.8 Å². The van der Waals surface area contributed by atoms with Crippen molar-refractivity contribution >= 4 is 16.8 Å². The van der Waals surface area contributed by atoms with Gasteiger partial charge in [-0.25, -0.2) is 4.98 Å². The highest BCUT2D eigenvalue weighted by molar-refractivity contribution is 5.97. The molecule has 3 aromatic rings. The molecule has 2 aromatic carbocycles. The Hall–Kier alpha value is -3.03. The molecule has 2 aliphatic heterocycles. The molecule has 0 saturated carbocycles. The van der Waals surface area contributed by atoms with Crippen molar-refractivity contribution in [3.63, 3.8) is 0 Å². The van der Waals surface area contributed by atoms with E-state index in [2.05, 4.69) is 50.4 Å². The molecule has 7 nitrogen and oxygen atoms in total. The van der Waals surface area contributed by atoms with Gasteiger partial charge < -0.3 is 5.32 Å². The molecule has 7 heteroatoms. The van der Waals surface area contributed by atoms with Crippen molar-refractivity contribution in [2.75, 3.05) is 39.3 Å². The van der Waals surface area contributed by atoms with Crippen LogP contribution in [0.5, 0.6) is 0 Å². The highest BCUT2D eigenvalue weighted by Crippen LogP contribution is 2.16. The molecular formula is C26H31N5O2. The van der Waals surface area contributed by atoms with E-state index in [4.69, 9.17) is 0 Å². The lowest BCUT2D eigenvalue weighted by Gasteiger charge is -2.34. The minimum absolute atomic E-state index is 0.00747. The summed E-state index contributed by atoms with van der Waals surface area (Å²) in [5, 5.41) is 3.62. The van der Waals surface area contributed by atoms with Gasteiger partial charge >= 0.3 is 0 Å². The highest BCUT2D eigenvalue weighted by Gasteiger charge is 2.18. The summed E-state index contributed by atoms with van der Waals surface area (Å²) in [6.45, 7) is 7.28. The van der Waals surface area contributed by atoms with E-state index in [-0.39, 0.29) is 11.5 Å². The molecule has 1 saturated heterocycles. The lowest BCUT2D eigenvalue weighted by molar-refractivity contribution is 0.0934. The van der Waals surface area contributed by atoms with Crippen LogP contribution in [0.25, 0.3) is 10.9 Å². The molecule has 1 aromatic heterocycles. The topological polar surface area (TPSA) is 70.5 Å². The zero-order valence-electron chi connectivity index (χ0n) is 19.0. The summed E-state index contributed by atoms with van der Waals surface area (Å²) in [5.74, 6) is 0.724. The Morgan fingerprint density at radius 2 is 1.73 bits per heavy atom. The second kappa shape index (κ2) is 9.85. The van der Waals surface area contributed by atoms with Crippen LogP contribution >= 0.6 is 0 Å². The molecule has 172 valence electrons. The Labute approximate surface area is 194 Å². The standard InChI is InChI=1S/C26H31N5O2/c32-25(21-9-10-22-23(18-21)28-24-8-4-5-12-31(24)26(22)33)27-11-13-29-14-16-30(17-15-29)19-20-6-2-1-3-7-20/h1-3,6-7,9-10,18H,4-5,8,11-17,19H2,(H,27,32). The van der Waals surface area contributed by atoms with Crippen LogP contribution in [0.1, 0.15) is 34.6 Å². The van der Waals surface area contributed by atoms with Gasteiger partial charge in [-0.1, -0.05) is 30.3 Å². The van der Waals surface area contributed by atoms with Gasteiger partial charge in [0.25, 0.3) is 11.5 Å². The number of carbonyl (C=O) groups is 1. The Morgan fingerprint density at radius 1 is 0.939 bits per heavy atom. The zero-order valence-corrected chi connectivity index (χ0v) is 19.0. The maximum atomic E-state index is 12.7. The fraction of sp³-hybridized carbons (Fsp3) is 0.423. The second-order valence-electron chi connectivity index (χ2n) is 9.03. The van der Waals surface area contributed by atoms with Crippen molar-refractivity contribution in [1.82, 2.24) is 24.7 Å². The van der Waals surface area contributed by atoms with Gasteiger partial charge in [-0.2, -0.15) is 0 Å². The van der Waals surface area contributed by atoms with Crippen LogP contribution in [0.3, 0.4) is 0 Å². The van der Waals surface area contributed by atoms with Crippen molar-refractivity contribution in [3.05, 3.63) is 75.8 Å². The molecule has 1 N–H and O–H groups in total. The molecule has 33 heavy (non-hydrogen) atoms. The summed E-state index contributed by atoms with van der Waals surface area (Å²) in [6, 6.07) is 15.8. The minimum atomic E-state index is -0.112. The number of benzene rings is 2. The van der Waals surface area contributed by atoms with E-state index in [0.29, 0.717) is 23.0 Å². The van der Waals surface area contributed by atoms with Crippen LogP contribution in [0.4, 0.5) is 0 Å². The first-order valence-electron chi connectivity index (χ1n) is 12.0. The fourth-order valence-corrected chi connectivity index (χ4v) is 4.82. The summed E-state index contributed by atoms with van der Waals surface area (Å²) >= 11 is 0. The number of aryl methyl sites for hydroxylation is 1. The van der Waals surface area contributed by atoms with Crippen molar-refractivity contribution in [3.8, 4) is 0 Å². The number of amides is 1. The van der Waals surface area contributed by atoms with E-state index in [1.807, 2.05) is 0 Å². The molecule has 5 rings (SSSR count). The van der Waals surface area contributed by atoms with Gasteiger partial charge in [0.15, 0.2) is 0 Å². The van der Waals surface area contributed by atoms with Crippen LogP contribution in [0.2, 0.25) is 0 Å². The predicted molar refractivity (Wildman–Crippen MR) is 129 cm³/mol. The molecule has 2 aliphatic rings. The van der Waals surface area contributed by atoms with Crippen molar-refractivity contribution < 1.29 is 4.79 Å². The smallest absolute Gasteiger partial charge is 0.261 e. The lowest BCUT2D eigenvalue weighted by Crippen LogP contribution is -2.48. The van der Waals surface area contributed by atoms with Crippen LogP contribution in [-0.4, -0.2) is 64.5 Å². The third kappa shape index (κ3) is 4.99. The van der Waals surface area contributed by atoms with Gasteiger partial charge in [-0.05, 0) is 36.6 Å². The number of piperazine rings is 1. The highest BCUT2D eigenvalue weighted by atomic mass is 16.1. The average Bonchev–Trinajstić information content (AvgIpc) is 2.85. The SMILES string of the molecule is O=C(NCCN1CCN(Cc2ccccc2)CC1)c1ccc2c(=O)n3c(nc2c1)CCCC3. The third-order valence-electron chi connectivity index (χ3n) is 6.76. The van der Waals surface area contributed by atoms with E-state index in [0.717, 1.165) is 70.9 Å². The summed E-state index contributed by atoms with van der Waals surface area (Å²) in [6.07, 6.45) is 2.89. The molecule has 0 aliphatic carbocycles. The Bertz CT molecular complexity index is 1180. The molecule has 0 bridgehead atoms. The number of hydrogen-bond donors (Lipinski definition) is 1. The number of nitrogens with one attached hydrogen (secondary N) is 1. The number of carbonyl (C=O) groups excluding carboxylic acids is 1.